The summed E-state index contributed by atoms with van der Waals surface area (Å²) >= 11 is 6.11. The van der Waals surface area contributed by atoms with Gasteiger partial charge in [-0.05, 0) is 30.9 Å². The number of halogens is 2. The van der Waals surface area contributed by atoms with Gasteiger partial charge in [0.05, 0.1) is 6.20 Å². The van der Waals surface area contributed by atoms with Gasteiger partial charge < -0.3 is 5.32 Å². The van der Waals surface area contributed by atoms with Crippen molar-refractivity contribution in [2.45, 2.75) is 24.6 Å². The molecule has 1 saturated carbocycles. The number of alkyl halides is 1. The van der Waals surface area contributed by atoms with Crippen molar-refractivity contribution < 1.29 is 9.18 Å². The second-order valence-electron chi connectivity index (χ2n) is 4.28. The Morgan fingerprint density at radius 2 is 2.35 bits per heavy atom. The van der Waals surface area contributed by atoms with Gasteiger partial charge >= 0.3 is 0 Å². The summed E-state index contributed by atoms with van der Waals surface area (Å²) in [7, 11) is 0. The van der Waals surface area contributed by atoms with Crippen LogP contribution in [0.15, 0.2) is 18.3 Å². The molecule has 2 unspecified atom stereocenters. The van der Waals surface area contributed by atoms with E-state index >= 15 is 0 Å². The highest BCUT2D eigenvalue weighted by atomic mass is 35.5. The number of rotatable bonds is 3. The lowest BCUT2D eigenvalue weighted by Crippen LogP contribution is -2.31. The number of hydrogen-bond donors (Lipinski definition) is 1. The van der Waals surface area contributed by atoms with Gasteiger partial charge in [0.1, 0.15) is 11.5 Å². The first-order valence-corrected chi connectivity index (χ1v) is 6.14. The van der Waals surface area contributed by atoms with Crippen LogP contribution < -0.4 is 5.32 Å². The fourth-order valence-electron chi connectivity index (χ4n) is 2.05. The number of hydrogen-bond acceptors (Lipinski definition) is 2. The summed E-state index contributed by atoms with van der Waals surface area (Å²) in [6.45, 7) is 0.562. The molecule has 1 aromatic heterocycles. The molecular weight excluding hydrogens is 243 g/mol. The van der Waals surface area contributed by atoms with Crippen molar-refractivity contribution in [1.82, 2.24) is 10.3 Å². The van der Waals surface area contributed by atoms with Crippen LogP contribution >= 0.6 is 11.6 Å². The highest BCUT2D eigenvalue weighted by molar-refractivity contribution is 6.21. The Hall–Kier alpha value is -1.16. The highest BCUT2D eigenvalue weighted by Gasteiger charge is 2.25. The smallest absolute Gasteiger partial charge is 0.269 e. The minimum atomic E-state index is -0.446. The van der Waals surface area contributed by atoms with Crippen molar-refractivity contribution in [1.29, 1.82) is 0 Å². The van der Waals surface area contributed by atoms with Gasteiger partial charge in [0, 0.05) is 11.9 Å². The van der Waals surface area contributed by atoms with Crippen LogP contribution in [0.25, 0.3) is 0 Å². The number of carbonyl (C=O) groups excluding carboxylic acids is 1. The molecule has 5 heteroatoms. The van der Waals surface area contributed by atoms with E-state index in [0.29, 0.717) is 12.5 Å². The molecule has 1 aromatic rings. The number of nitrogens with zero attached hydrogens (tertiary/aromatic N) is 1. The van der Waals surface area contributed by atoms with Crippen molar-refractivity contribution >= 4 is 17.5 Å². The molecule has 0 spiro atoms. The summed E-state index contributed by atoms with van der Waals surface area (Å²) in [5.41, 5.74) is 0.232. The summed E-state index contributed by atoms with van der Waals surface area (Å²) in [6, 6.07) is 2.60. The summed E-state index contributed by atoms with van der Waals surface area (Å²) in [4.78, 5) is 15.4. The van der Waals surface area contributed by atoms with Crippen LogP contribution in [0.5, 0.6) is 0 Å². The molecule has 1 aliphatic rings. The van der Waals surface area contributed by atoms with Gasteiger partial charge in [-0.2, -0.15) is 0 Å². The van der Waals surface area contributed by atoms with Crippen LogP contribution in [0.3, 0.4) is 0 Å². The van der Waals surface area contributed by atoms with Crippen molar-refractivity contribution in [3.8, 4) is 0 Å². The quantitative estimate of drug-likeness (QED) is 0.844. The van der Waals surface area contributed by atoms with E-state index in [1.807, 2.05) is 0 Å². The molecular formula is C12H14ClFN2O. The molecule has 0 radical (unpaired) electrons. The maximum Gasteiger partial charge on any atom is 0.269 e. The molecule has 3 nitrogen and oxygen atoms in total. The Morgan fingerprint density at radius 3 is 2.94 bits per heavy atom. The third-order valence-corrected chi connectivity index (χ3v) is 3.63. The molecule has 1 aliphatic carbocycles. The summed E-state index contributed by atoms with van der Waals surface area (Å²) in [5, 5.41) is 2.93. The Bertz CT molecular complexity index is 396. The average Bonchev–Trinajstić information content (AvgIpc) is 2.73. The van der Waals surface area contributed by atoms with E-state index in [1.165, 1.54) is 12.1 Å². The van der Waals surface area contributed by atoms with E-state index in [4.69, 9.17) is 11.6 Å². The number of nitrogens with one attached hydrogen (secondary N) is 1. The topological polar surface area (TPSA) is 42.0 Å². The van der Waals surface area contributed by atoms with E-state index in [9.17, 15) is 9.18 Å². The largest absolute Gasteiger partial charge is 0.350 e. The third-order valence-electron chi connectivity index (χ3n) is 3.05. The molecule has 2 atom stereocenters. The average molecular weight is 257 g/mol. The Balaban J connectivity index is 1.87. The van der Waals surface area contributed by atoms with Gasteiger partial charge in [-0.1, -0.05) is 6.42 Å². The first-order chi connectivity index (χ1) is 8.16. The van der Waals surface area contributed by atoms with Crippen molar-refractivity contribution in [2.75, 3.05) is 6.54 Å². The zero-order valence-electron chi connectivity index (χ0n) is 9.33. The summed E-state index contributed by atoms with van der Waals surface area (Å²) in [5.74, 6) is -0.389. The molecule has 1 fully saturated rings. The van der Waals surface area contributed by atoms with Crippen LogP contribution in [0.2, 0.25) is 0 Å². The van der Waals surface area contributed by atoms with Crippen LogP contribution in [0.1, 0.15) is 29.8 Å². The van der Waals surface area contributed by atoms with Crippen molar-refractivity contribution in [3.63, 3.8) is 0 Å². The Morgan fingerprint density at radius 1 is 1.53 bits per heavy atom. The van der Waals surface area contributed by atoms with E-state index in [2.05, 4.69) is 10.3 Å². The minimum absolute atomic E-state index is 0.150. The van der Waals surface area contributed by atoms with E-state index in [-0.39, 0.29) is 17.0 Å². The molecule has 0 bridgehead atoms. The zero-order valence-corrected chi connectivity index (χ0v) is 10.1. The predicted molar refractivity (Wildman–Crippen MR) is 63.5 cm³/mol. The maximum atomic E-state index is 12.6. The second-order valence-corrected chi connectivity index (χ2v) is 4.84. The Kier molecular flexibility index (Phi) is 3.94. The molecule has 0 aromatic carbocycles. The fraction of sp³-hybridized carbons (Fsp3) is 0.500. The SMILES string of the molecule is O=C(NCC1CCCC1Cl)c1ccc(F)cn1. The van der Waals surface area contributed by atoms with Gasteiger partial charge in [-0.25, -0.2) is 9.37 Å². The Labute approximate surface area is 104 Å². The first kappa shape index (κ1) is 12.3. The lowest BCUT2D eigenvalue weighted by Gasteiger charge is -2.14. The van der Waals surface area contributed by atoms with Crippen LogP contribution in [-0.2, 0) is 0 Å². The van der Waals surface area contributed by atoms with Crippen LogP contribution in [-0.4, -0.2) is 22.8 Å². The molecule has 2 rings (SSSR count). The van der Waals surface area contributed by atoms with Gasteiger partial charge in [0.2, 0.25) is 0 Å². The zero-order chi connectivity index (χ0) is 12.3. The molecule has 17 heavy (non-hydrogen) atoms. The van der Waals surface area contributed by atoms with E-state index in [1.54, 1.807) is 0 Å². The minimum Gasteiger partial charge on any atom is -0.350 e. The normalized spacial score (nSPS) is 23.6. The predicted octanol–water partition coefficient (Wildman–Crippen LogP) is 2.36. The first-order valence-electron chi connectivity index (χ1n) is 5.70. The third kappa shape index (κ3) is 3.16. The van der Waals surface area contributed by atoms with Gasteiger partial charge in [-0.15, -0.1) is 11.6 Å². The molecule has 0 aliphatic heterocycles. The van der Waals surface area contributed by atoms with E-state index < -0.39 is 5.82 Å². The lowest BCUT2D eigenvalue weighted by atomic mass is 10.1. The molecule has 1 amide bonds. The van der Waals surface area contributed by atoms with Crippen LogP contribution in [0.4, 0.5) is 4.39 Å². The standard InChI is InChI=1S/C12H14ClFN2O/c13-10-3-1-2-8(10)6-16-12(17)11-5-4-9(14)7-15-11/h4-5,7-8,10H,1-3,6H2,(H,16,17). The number of aromatic nitrogens is 1. The monoisotopic (exact) mass is 256 g/mol. The summed E-state index contributed by atoms with van der Waals surface area (Å²) < 4.78 is 12.6. The number of carbonyl (C=O) groups is 1. The van der Waals surface area contributed by atoms with Crippen LogP contribution in [0, 0.1) is 11.7 Å². The maximum absolute atomic E-state index is 12.6. The number of pyridine rings is 1. The van der Waals surface area contributed by atoms with E-state index in [0.717, 1.165) is 25.5 Å². The van der Waals surface area contributed by atoms with Gasteiger partial charge in [0.15, 0.2) is 0 Å². The molecule has 1 N–H and O–H groups in total. The number of amides is 1. The van der Waals surface area contributed by atoms with Gasteiger partial charge in [-0.3, -0.25) is 4.79 Å². The van der Waals surface area contributed by atoms with Crippen molar-refractivity contribution in [3.05, 3.63) is 29.8 Å². The fourth-order valence-corrected chi connectivity index (χ4v) is 2.42. The molecule has 92 valence electrons. The highest BCUT2D eigenvalue weighted by Crippen LogP contribution is 2.29. The molecule has 0 saturated heterocycles. The van der Waals surface area contributed by atoms with Crippen molar-refractivity contribution in [2.24, 2.45) is 5.92 Å². The summed E-state index contributed by atoms with van der Waals surface area (Å²) in [6.07, 6.45) is 4.21. The van der Waals surface area contributed by atoms with Gasteiger partial charge in [0.25, 0.3) is 5.91 Å². The second kappa shape index (κ2) is 5.45. The molecule has 1 heterocycles. The lowest BCUT2D eigenvalue weighted by molar-refractivity contribution is 0.0942.